The summed E-state index contributed by atoms with van der Waals surface area (Å²) in [7, 11) is -1.07. The Hall–Kier alpha value is -3.78. The molecular formula is C28H18F6NOP. The zero-order valence-electron chi connectivity index (χ0n) is 19.0. The number of hydrogen-bond donors (Lipinski definition) is 1. The van der Waals surface area contributed by atoms with Crippen molar-refractivity contribution in [1.29, 1.82) is 0 Å². The highest BCUT2D eigenvalue weighted by atomic mass is 31.1. The molecular weight excluding hydrogens is 511 g/mol. The average molecular weight is 529 g/mol. The Balaban J connectivity index is 1.71. The Morgan fingerprint density at radius 2 is 1.32 bits per heavy atom. The second-order valence-corrected chi connectivity index (χ2v) is 10.4. The molecule has 2 nitrogen and oxygen atoms in total. The smallest absolute Gasteiger partial charge is 0.344 e. The molecule has 0 heterocycles. The molecule has 188 valence electrons. The molecule has 1 aliphatic carbocycles. The van der Waals surface area contributed by atoms with Crippen molar-refractivity contribution in [2.24, 2.45) is 0 Å². The molecule has 0 saturated heterocycles. The number of carbonyl (C=O) groups excluding carboxylic acids is 1. The molecule has 0 aliphatic heterocycles. The summed E-state index contributed by atoms with van der Waals surface area (Å²) in [5, 5.41) is 4.61. The SMILES string of the molecule is O=C(N[C@H](CP(c1ccccc1)c1ccccc1)C1=C=C=C=C1)c1cc(C(F)(F)F)cc(C(F)(F)F)c1. The van der Waals surface area contributed by atoms with Crippen molar-refractivity contribution in [3.63, 3.8) is 0 Å². The van der Waals surface area contributed by atoms with Crippen molar-refractivity contribution < 1.29 is 31.1 Å². The Morgan fingerprint density at radius 1 is 0.811 bits per heavy atom. The molecule has 1 N–H and O–H groups in total. The summed E-state index contributed by atoms with van der Waals surface area (Å²) in [6.07, 6.45) is -8.27. The molecule has 0 unspecified atom stereocenters. The molecule has 0 aromatic heterocycles. The van der Waals surface area contributed by atoms with Crippen molar-refractivity contribution in [2.45, 2.75) is 18.4 Å². The molecule has 0 saturated carbocycles. The van der Waals surface area contributed by atoms with E-state index < -0.39 is 48.9 Å². The Morgan fingerprint density at radius 3 is 1.76 bits per heavy atom. The third kappa shape index (κ3) is 6.51. The van der Waals surface area contributed by atoms with E-state index >= 15 is 0 Å². The lowest BCUT2D eigenvalue weighted by atomic mass is 10.0. The first-order valence-electron chi connectivity index (χ1n) is 11.0. The van der Waals surface area contributed by atoms with E-state index in [1.807, 2.05) is 60.7 Å². The van der Waals surface area contributed by atoms with Crippen LogP contribution >= 0.6 is 7.92 Å². The van der Waals surface area contributed by atoms with Crippen LogP contribution in [-0.4, -0.2) is 18.1 Å². The van der Waals surface area contributed by atoms with E-state index in [1.54, 1.807) is 0 Å². The van der Waals surface area contributed by atoms with Crippen LogP contribution in [0, 0.1) is 0 Å². The Kier molecular flexibility index (Phi) is 7.59. The van der Waals surface area contributed by atoms with Crippen molar-refractivity contribution in [2.75, 3.05) is 6.16 Å². The maximum absolute atomic E-state index is 13.3. The van der Waals surface area contributed by atoms with E-state index in [2.05, 4.69) is 22.5 Å². The summed E-state index contributed by atoms with van der Waals surface area (Å²) in [6, 6.07) is 19.0. The fourth-order valence-electron chi connectivity index (χ4n) is 3.75. The second kappa shape index (κ2) is 10.7. The van der Waals surface area contributed by atoms with Crippen molar-refractivity contribution in [3.8, 4) is 0 Å². The lowest BCUT2D eigenvalue weighted by Gasteiger charge is -2.26. The van der Waals surface area contributed by atoms with E-state index in [1.165, 1.54) is 6.08 Å². The molecule has 0 radical (unpaired) electrons. The standard InChI is InChI=1S/C28H18F6NOP/c29-27(30,31)21-15-20(16-22(17-21)28(32,33)34)26(36)35-25(19-9-7-8-10-19)18-37(23-11-3-1-4-12-23)24-13-5-2-6-14-24/h1-6,9,11-17,25H,18H2,(H,35,36)/t25-/m1/s1. The van der Waals surface area contributed by atoms with Crippen LogP contribution in [-0.2, 0) is 12.4 Å². The van der Waals surface area contributed by atoms with Crippen molar-refractivity contribution in [3.05, 3.63) is 124 Å². The molecule has 3 aromatic carbocycles. The first-order valence-corrected chi connectivity index (χ1v) is 12.5. The van der Waals surface area contributed by atoms with E-state index in [0.29, 0.717) is 23.9 Å². The highest BCUT2D eigenvalue weighted by molar-refractivity contribution is 7.73. The molecule has 1 amide bonds. The number of benzene rings is 3. The van der Waals surface area contributed by atoms with Gasteiger partial charge in [-0.05, 0) is 42.5 Å². The van der Waals surface area contributed by atoms with Crippen molar-refractivity contribution >= 4 is 24.4 Å². The highest BCUT2D eigenvalue weighted by Gasteiger charge is 2.38. The van der Waals surface area contributed by atoms with Crippen LogP contribution in [0.5, 0.6) is 0 Å². The van der Waals surface area contributed by atoms with Gasteiger partial charge in [0.1, 0.15) is 0 Å². The topological polar surface area (TPSA) is 29.1 Å². The molecule has 4 rings (SSSR count). The highest BCUT2D eigenvalue weighted by Crippen LogP contribution is 2.38. The summed E-state index contributed by atoms with van der Waals surface area (Å²) < 4.78 is 79.9. The summed E-state index contributed by atoms with van der Waals surface area (Å²) in [5.74, 6) is -1.06. The molecule has 1 atom stereocenters. The van der Waals surface area contributed by atoms with Gasteiger partial charge in [-0.1, -0.05) is 72.1 Å². The molecule has 0 bridgehead atoms. The van der Waals surface area contributed by atoms with Crippen LogP contribution in [0.4, 0.5) is 26.3 Å². The molecule has 1 aliphatic rings. The van der Waals surface area contributed by atoms with Gasteiger partial charge in [0, 0.05) is 23.4 Å². The van der Waals surface area contributed by atoms with E-state index in [4.69, 9.17) is 0 Å². The minimum Gasteiger partial charge on any atom is -0.344 e. The third-order valence-electron chi connectivity index (χ3n) is 5.54. The lowest BCUT2D eigenvalue weighted by molar-refractivity contribution is -0.143. The zero-order chi connectivity index (χ0) is 26.6. The first kappa shape index (κ1) is 26.3. The third-order valence-corrected chi connectivity index (χ3v) is 8.11. The summed E-state index contributed by atoms with van der Waals surface area (Å²) in [4.78, 5) is 13.1. The fourth-order valence-corrected chi connectivity index (χ4v) is 6.19. The van der Waals surface area contributed by atoms with Crippen LogP contribution in [0.2, 0.25) is 0 Å². The van der Waals surface area contributed by atoms with E-state index in [0.717, 1.165) is 10.6 Å². The minimum absolute atomic E-state index is 0.00673. The van der Waals surface area contributed by atoms with Gasteiger partial charge in [-0.15, -0.1) is 0 Å². The van der Waals surface area contributed by atoms with Crippen molar-refractivity contribution in [1.82, 2.24) is 5.32 Å². The van der Waals surface area contributed by atoms with Gasteiger partial charge in [-0.2, -0.15) is 26.3 Å². The number of hydrogen-bond acceptors (Lipinski definition) is 1. The fraction of sp³-hybridized carbons (Fsp3) is 0.143. The molecule has 0 spiro atoms. The summed E-state index contributed by atoms with van der Waals surface area (Å²) >= 11 is 0. The van der Waals surface area contributed by atoms with Crippen LogP contribution in [0.25, 0.3) is 0 Å². The van der Waals surface area contributed by atoms with Gasteiger partial charge >= 0.3 is 12.4 Å². The average Bonchev–Trinajstić information content (AvgIpc) is 3.41. The quantitative estimate of drug-likeness (QED) is 0.216. The number of halogens is 6. The molecule has 9 heteroatoms. The maximum atomic E-state index is 13.3. The van der Waals surface area contributed by atoms with Gasteiger partial charge in [0.25, 0.3) is 5.91 Å². The zero-order valence-corrected chi connectivity index (χ0v) is 19.9. The van der Waals surface area contributed by atoms with Gasteiger partial charge in [-0.25, -0.2) is 0 Å². The van der Waals surface area contributed by atoms with E-state index in [-0.39, 0.29) is 6.07 Å². The number of alkyl halides is 6. The Bertz CT molecular complexity index is 1360. The maximum Gasteiger partial charge on any atom is 0.416 e. The van der Waals surface area contributed by atoms with Gasteiger partial charge in [0.2, 0.25) is 0 Å². The predicted molar refractivity (Wildman–Crippen MR) is 130 cm³/mol. The molecule has 37 heavy (non-hydrogen) atoms. The van der Waals surface area contributed by atoms with Gasteiger partial charge in [-0.3, -0.25) is 4.79 Å². The van der Waals surface area contributed by atoms with Crippen LogP contribution in [0.1, 0.15) is 21.5 Å². The van der Waals surface area contributed by atoms with Gasteiger partial charge in [0.15, 0.2) is 0 Å². The Labute approximate surface area is 210 Å². The van der Waals surface area contributed by atoms with Crippen LogP contribution in [0.3, 0.4) is 0 Å². The minimum atomic E-state index is -5.06. The predicted octanol–water partition coefficient (Wildman–Crippen LogP) is 6.36. The largest absolute Gasteiger partial charge is 0.416 e. The molecule has 3 aromatic rings. The van der Waals surface area contributed by atoms with Gasteiger partial charge in [0.05, 0.1) is 17.2 Å². The van der Waals surface area contributed by atoms with Crippen LogP contribution < -0.4 is 15.9 Å². The summed E-state index contributed by atoms with van der Waals surface area (Å²) in [6.45, 7) is 0. The van der Waals surface area contributed by atoms with Gasteiger partial charge < -0.3 is 5.32 Å². The van der Waals surface area contributed by atoms with Crippen LogP contribution in [0.15, 0.2) is 108 Å². The monoisotopic (exact) mass is 529 g/mol. The summed E-state index contributed by atoms with van der Waals surface area (Å²) in [5.41, 5.74) is 4.80. The second-order valence-electron chi connectivity index (χ2n) is 8.10. The number of carbonyl (C=O) groups is 1. The lowest BCUT2D eigenvalue weighted by Crippen LogP contribution is -2.39. The first-order chi connectivity index (χ1) is 17.5. The number of nitrogens with one attached hydrogen (secondary N) is 1. The van der Waals surface area contributed by atoms with E-state index in [9.17, 15) is 31.1 Å². The number of rotatable bonds is 7. The number of amides is 1. The normalized spacial score (nSPS) is 13.6. The molecule has 0 fully saturated rings.